The summed E-state index contributed by atoms with van der Waals surface area (Å²) in [5.74, 6) is -1.41. The van der Waals surface area contributed by atoms with Crippen LogP contribution in [0.2, 0.25) is 0 Å². The summed E-state index contributed by atoms with van der Waals surface area (Å²) in [6, 6.07) is 12.4. The summed E-state index contributed by atoms with van der Waals surface area (Å²) in [7, 11) is 0. The number of benzene rings is 2. The van der Waals surface area contributed by atoms with Gasteiger partial charge in [0.1, 0.15) is 0 Å². The lowest BCUT2D eigenvalue weighted by molar-refractivity contribution is -0.117. The highest BCUT2D eigenvalue weighted by Crippen LogP contribution is 2.29. The van der Waals surface area contributed by atoms with Crippen molar-refractivity contribution < 1.29 is 19.1 Å². The van der Waals surface area contributed by atoms with E-state index in [0.717, 1.165) is 17.5 Å². The molecule has 0 spiro atoms. The molecule has 0 bridgehead atoms. The van der Waals surface area contributed by atoms with Gasteiger partial charge in [-0.1, -0.05) is 57.5 Å². The minimum absolute atomic E-state index is 0.0947. The monoisotopic (exact) mass is 469 g/mol. The van der Waals surface area contributed by atoms with Crippen LogP contribution in [0.25, 0.3) is 0 Å². The van der Waals surface area contributed by atoms with Gasteiger partial charge in [-0.25, -0.2) is 4.39 Å². The van der Waals surface area contributed by atoms with Crippen LogP contribution in [-0.2, 0) is 17.6 Å². The van der Waals surface area contributed by atoms with Gasteiger partial charge in [-0.2, -0.15) is 0 Å². The van der Waals surface area contributed by atoms with Gasteiger partial charge in [0.25, 0.3) is 5.91 Å². The Morgan fingerprint density at radius 1 is 1.18 bits per heavy atom. The SMILES string of the molecule is CCCc1cc(C(=O)NC(Cc2ccccc2)C(O)CNC(C)C)c(F)c(N2CCCC2=O)c1. The Hall–Kier alpha value is -2.77. The van der Waals surface area contributed by atoms with Crippen molar-refractivity contribution in [3.63, 3.8) is 0 Å². The number of hydrogen-bond acceptors (Lipinski definition) is 4. The number of carbonyl (C=O) groups excluding carboxylic acids is 2. The van der Waals surface area contributed by atoms with Crippen LogP contribution in [0.4, 0.5) is 10.1 Å². The minimum atomic E-state index is -0.868. The molecule has 2 unspecified atom stereocenters. The van der Waals surface area contributed by atoms with Crippen LogP contribution in [0.5, 0.6) is 0 Å². The van der Waals surface area contributed by atoms with Crippen molar-refractivity contribution in [1.82, 2.24) is 10.6 Å². The topological polar surface area (TPSA) is 81.7 Å². The first-order valence-electron chi connectivity index (χ1n) is 12.2. The van der Waals surface area contributed by atoms with Gasteiger partial charge in [0.05, 0.1) is 23.4 Å². The van der Waals surface area contributed by atoms with E-state index in [9.17, 15) is 14.7 Å². The maximum atomic E-state index is 15.6. The molecule has 2 atom stereocenters. The molecule has 1 aliphatic heterocycles. The number of rotatable bonds is 11. The van der Waals surface area contributed by atoms with Crippen molar-refractivity contribution in [2.45, 2.75) is 71.1 Å². The Kier molecular flexibility index (Phi) is 9.19. The lowest BCUT2D eigenvalue weighted by Gasteiger charge is -2.26. The molecule has 2 amide bonds. The third-order valence-electron chi connectivity index (χ3n) is 6.08. The lowest BCUT2D eigenvalue weighted by atomic mass is 9.99. The average Bonchev–Trinajstić information content (AvgIpc) is 3.24. The number of aliphatic hydroxyl groups excluding tert-OH is 1. The fourth-order valence-electron chi connectivity index (χ4n) is 4.26. The third kappa shape index (κ3) is 6.64. The fourth-order valence-corrected chi connectivity index (χ4v) is 4.26. The molecule has 1 saturated heterocycles. The zero-order chi connectivity index (χ0) is 24.7. The van der Waals surface area contributed by atoms with E-state index >= 15 is 4.39 Å². The molecule has 0 aliphatic carbocycles. The predicted octanol–water partition coefficient (Wildman–Crippen LogP) is 3.61. The summed E-state index contributed by atoms with van der Waals surface area (Å²) in [5, 5.41) is 16.9. The number of amides is 2. The summed E-state index contributed by atoms with van der Waals surface area (Å²) in [6.45, 7) is 6.71. The summed E-state index contributed by atoms with van der Waals surface area (Å²) < 4.78 is 15.6. The highest BCUT2D eigenvalue weighted by Gasteiger charge is 2.29. The van der Waals surface area contributed by atoms with E-state index in [1.54, 1.807) is 12.1 Å². The number of nitrogens with zero attached hydrogens (tertiary/aromatic N) is 1. The Morgan fingerprint density at radius 2 is 1.91 bits per heavy atom. The standard InChI is InChI=1S/C27H36FN3O3/c1-4-9-20-14-21(26(28)23(16-20)31-13-8-12-25(31)33)27(34)30-22(24(32)17-29-18(2)3)15-19-10-6-5-7-11-19/h5-7,10-11,14,16,18,22,24,29,32H,4,8-9,12-13,15,17H2,1-3H3,(H,30,34). The molecule has 2 aromatic rings. The van der Waals surface area contributed by atoms with E-state index in [1.807, 2.05) is 51.1 Å². The van der Waals surface area contributed by atoms with Gasteiger partial charge in [0.15, 0.2) is 5.82 Å². The van der Waals surface area contributed by atoms with E-state index in [1.165, 1.54) is 4.90 Å². The molecule has 1 fully saturated rings. The summed E-state index contributed by atoms with van der Waals surface area (Å²) in [5.41, 5.74) is 1.84. The van der Waals surface area contributed by atoms with Gasteiger partial charge in [0.2, 0.25) is 5.91 Å². The largest absolute Gasteiger partial charge is 0.390 e. The van der Waals surface area contributed by atoms with E-state index in [-0.39, 0.29) is 23.2 Å². The second kappa shape index (κ2) is 12.1. The Morgan fingerprint density at radius 3 is 2.53 bits per heavy atom. The Balaban J connectivity index is 1.89. The number of hydrogen-bond donors (Lipinski definition) is 3. The van der Waals surface area contributed by atoms with E-state index in [0.29, 0.717) is 38.8 Å². The number of aliphatic hydroxyl groups is 1. The van der Waals surface area contributed by atoms with Gasteiger partial charge in [-0.05, 0) is 42.5 Å². The lowest BCUT2D eigenvalue weighted by Crippen LogP contribution is -2.49. The Labute approximate surface area is 201 Å². The number of halogens is 1. The number of anilines is 1. The molecule has 1 aliphatic rings. The van der Waals surface area contributed by atoms with Gasteiger partial charge < -0.3 is 20.6 Å². The maximum absolute atomic E-state index is 15.6. The predicted molar refractivity (Wildman–Crippen MR) is 133 cm³/mol. The minimum Gasteiger partial charge on any atom is -0.390 e. The smallest absolute Gasteiger partial charge is 0.254 e. The number of aryl methyl sites for hydroxylation is 1. The molecule has 1 heterocycles. The molecule has 0 aromatic heterocycles. The van der Waals surface area contributed by atoms with Crippen LogP contribution in [0.15, 0.2) is 42.5 Å². The molecule has 0 radical (unpaired) electrons. The van der Waals surface area contributed by atoms with Gasteiger partial charge >= 0.3 is 0 Å². The maximum Gasteiger partial charge on any atom is 0.254 e. The molecule has 3 N–H and O–H groups in total. The van der Waals surface area contributed by atoms with Crippen LogP contribution in [-0.4, -0.2) is 48.2 Å². The Bertz CT molecular complexity index is 981. The summed E-state index contributed by atoms with van der Waals surface area (Å²) in [4.78, 5) is 27.1. The first kappa shape index (κ1) is 25.8. The molecular formula is C27H36FN3O3. The first-order valence-corrected chi connectivity index (χ1v) is 12.2. The van der Waals surface area contributed by atoms with Crippen molar-refractivity contribution in [3.05, 3.63) is 65.0 Å². The van der Waals surface area contributed by atoms with Crippen LogP contribution < -0.4 is 15.5 Å². The first-order chi connectivity index (χ1) is 16.3. The quantitative estimate of drug-likeness (QED) is 0.470. The highest BCUT2D eigenvalue weighted by molar-refractivity contribution is 6.00. The van der Waals surface area contributed by atoms with Crippen LogP contribution in [0.1, 0.15) is 61.5 Å². The zero-order valence-electron chi connectivity index (χ0n) is 20.3. The highest BCUT2D eigenvalue weighted by atomic mass is 19.1. The van der Waals surface area contributed by atoms with Crippen molar-refractivity contribution in [1.29, 1.82) is 0 Å². The molecule has 6 nitrogen and oxygen atoms in total. The van der Waals surface area contributed by atoms with Crippen LogP contribution in [0, 0.1) is 5.82 Å². The van der Waals surface area contributed by atoms with Crippen molar-refractivity contribution in [2.24, 2.45) is 0 Å². The van der Waals surface area contributed by atoms with Gasteiger partial charge in [-0.15, -0.1) is 0 Å². The van der Waals surface area contributed by atoms with Gasteiger partial charge in [0, 0.05) is 25.6 Å². The van der Waals surface area contributed by atoms with Crippen LogP contribution in [0.3, 0.4) is 0 Å². The second-order valence-electron chi connectivity index (χ2n) is 9.28. The van der Waals surface area contributed by atoms with E-state index in [4.69, 9.17) is 0 Å². The van der Waals surface area contributed by atoms with Crippen molar-refractivity contribution in [2.75, 3.05) is 18.0 Å². The van der Waals surface area contributed by atoms with Crippen LogP contribution >= 0.6 is 0 Å². The van der Waals surface area contributed by atoms with E-state index in [2.05, 4.69) is 10.6 Å². The number of nitrogens with one attached hydrogen (secondary N) is 2. The summed E-state index contributed by atoms with van der Waals surface area (Å²) >= 11 is 0. The van der Waals surface area contributed by atoms with Crippen molar-refractivity contribution >= 4 is 17.5 Å². The number of carbonyl (C=O) groups is 2. The van der Waals surface area contributed by atoms with Crippen molar-refractivity contribution in [3.8, 4) is 0 Å². The molecule has 34 heavy (non-hydrogen) atoms. The second-order valence-corrected chi connectivity index (χ2v) is 9.28. The third-order valence-corrected chi connectivity index (χ3v) is 6.08. The molecule has 0 saturated carbocycles. The molecule has 184 valence electrons. The fraction of sp³-hybridized carbons (Fsp3) is 0.481. The molecular weight excluding hydrogens is 433 g/mol. The average molecular weight is 470 g/mol. The molecule has 2 aromatic carbocycles. The molecule has 3 rings (SSSR count). The summed E-state index contributed by atoms with van der Waals surface area (Å²) in [6.07, 6.45) is 2.09. The zero-order valence-corrected chi connectivity index (χ0v) is 20.3. The van der Waals surface area contributed by atoms with Gasteiger partial charge in [-0.3, -0.25) is 9.59 Å². The van der Waals surface area contributed by atoms with E-state index < -0.39 is 23.9 Å². The molecule has 7 heteroatoms. The normalized spacial score (nSPS) is 15.6.